The highest BCUT2D eigenvalue weighted by molar-refractivity contribution is 6.36. The van der Waals surface area contributed by atoms with Gasteiger partial charge in [0.25, 0.3) is 0 Å². The van der Waals surface area contributed by atoms with Crippen LogP contribution in [-0.2, 0) is 7.05 Å². The molecule has 2 aromatic heterocycles. The standard InChI is InChI=1S/C18H13ClN2O2/c1-21-16-5-2-10(18(22)23)6-11(16)7-17(21)12-3-4-15(19)14-9-20-8-13(12)14/h2-9,20H,1H3,(H,22,23). The second-order valence-electron chi connectivity index (χ2n) is 5.54. The molecule has 23 heavy (non-hydrogen) atoms. The highest BCUT2D eigenvalue weighted by Gasteiger charge is 2.14. The van der Waals surface area contributed by atoms with Crippen molar-refractivity contribution in [1.82, 2.24) is 9.55 Å². The number of hydrogen-bond acceptors (Lipinski definition) is 1. The van der Waals surface area contributed by atoms with Crippen molar-refractivity contribution in [3.8, 4) is 11.3 Å². The number of carbonyl (C=O) groups is 1. The van der Waals surface area contributed by atoms with Crippen molar-refractivity contribution < 1.29 is 9.90 Å². The first-order valence-electron chi connectivity index (χ1n) is 7.14. The van der Waals surface area contributed by atoms with Crippen LogP contribution in [0.1, 0.15) is 10.4 Å². The molecule has 4 nitrogen and oxygen atoms in total. The lowest BCUT2D eigenvalue weighted by molar-refractivity contribution is 0.0697. The summed E-state index contributed by atoms with van der Waals surface area (Å²) in [5.41, 5.74) is 3.35. The molecule has 0 amide bonds. The SMILES string of the molecule is Cn1c(-c2ccc(Cl)c3c[nH]cc23)cc2cc(C(=O)O)ccc21. The van der Waals surface area contributed by atoms with Crippen LogP contribution in [0.5, 0.6) is 0 Å². The lowest BCUT2D eigenvalue weighted by Crippen LogP contribution is -1.96. The van der Waals surface area contributed by atoms with Crippen molar-refractivity contribution in [2.75, 3.05) is 0 Å². The van der Waals surface area contributed by atoms with Crippen LogP contribution in [0.15, 0.2) is 48.8 Å². The third kappa shape index (κ3) is 2.03. The number of fused-ring (bicyclic) bond motifs is 2. The lowest BCUT2D eigenvalue weighted by atomic mass is 10.1. The fraction of sp³-hybridized carbons (Fsp3) is 0.0556. The molecule has 0 aliphatic carbocycles. The summed E-state index contributed by atoms with van der Waals surface area (Å²) in [5.74, 6) is -0.920. The molecule has 2 N–H and O–H groups in total. The minimum absolute atomic E-state index is 0.289. The zero-order valence-corrected chi connectivity index (χ0v) is 13.1. The number of nitrogens with zero attached hydrogens (tertiary/aromatic N) is 1. The monoisotopic (exact) mass is 324 g/mol. The van der Waals surface area contributed by atoms with Gasteiger partial charge < -0.3 is 14.7 Å². The first kappa shape index (κ1) is 13.9. The Morgan fingerprint density at radius 1 is 1.13 bits per heavy atom. The molecule has 2 heterocycles. The van der Waals surface area contributed by atoms with Gasteiger partial charge in [0.1, 0.15) is 0 Å². The third-order valence-electron chi connectivity index (χ3n) is 4.25. The number of H-pyrrole nitrogens is 1. The van der Waals surface area contributed by atoms with Gasteiger partial charge in [0.05, 0.1) is 5.56 Å². The number of nitrogens with one attached hydrogen (secondary N) is 1. The van der Waals surface area contributed by atoms with E-state index in [1.165, 1.54) is 0 Å². The van der Waals surface area contributed by atoms with Gasteiger partial charge in [0.15, 0.2) is 0 Å². The van der Waals surface area contributed by atoms with Crippen LogP contribution in [0.2, 0.25) is 5.02 Å². The van der Waals surface area contributed by atoms with Crippen LogP contribution in [0.3, 0.4) is 0 Å². The van der Waals surface area contributed by atoms with E-state index in [9.17, 15) is 4.79 Å². The maximum absolute atomic E-state index is 11.2. The fourth-order valence-corrected chi connectivity index (χ4v) is 3.30. The number of aromatic nitrogens is 2. The second kappa shape index (κ2) is 4.89. The number of hydrogen-bond donors (Lipinski definition) is 2. The summed E-state index contributed by atoms with van der Waals surface area (Å²) in [5, 5.41) is 12.8. The van der Waals surface area contributed by atoms with E-state index < -0.39 is 5.97 Å². The molecule has 0 atom stereocenters. The van der Waals surface area contributed by atoms with Crippen molar-refractivity contribution >= 4 is 39.2 Å². The zero-order valence-electron chi connectivity index (χ0n) is 12.3. The Hall–Kier alpha value is -2.72. The molecule has 0 spiro atoms. The van der Waals surface area contributed by atoms with Crippen LogP contribution in [0, 0.1) is 0 Å². The predicted octanol–water partition coefficient (Wildman–Crippen LogP) is 4.68. The lowest BCUT2D eigenvalue weighted by Gasteiger charge is -2.07. The Labute approximate surface area is 136 Å². The van der Waals surface area contributed by atoms with E-state index in [0.29, 0.717) is 5.02 Å². The van der Waals surface area contributed by atoms with Crippen molar-refractivity contribution in [2.24, 2.45) is 7.05 Å². The maximum atomic E-state index is 11.2. The summed E-state index contributed by atoms with van der Waals surface area (Å²) >= 11 is 6.24. The quantitative estimate of drug-likeness (QED) is 0.562. The topological polar surface area (TPSA) is 58.0 Å². The molecular formula is C18H13ClN2O2. The van der Waals surface area contributed by atoms with Crippen molar-refractivity contribution in [1.29, 1.82) is 0 Å². The zero-order chi connectivity index (χ0) is 16.1. The molecule has 114 valence electrons. The minimum atomic E-state index is -0.920. The Morgan fingerprint density at radius 3 is 2.70 bits per heavy atom. The van der Waals surface area contributed by atoms with Crippen LogP contribution < -0.4 is 0 Å². The van der Waals surface area contributed by atoms with Crippen LogP contribution in [-0.4, -0.2) is 20.6 Å². The molecule has 0 fully saturated rings. The van der Waals surface area contributed by atoms with Crippen LogP contribution in [0.4, 0.5) is 0 Å². The Morgan fingerprint density at radius 2 is 1.91 bits per heavy atom. The first-order valence-corrected chi connectivity index (χ1v) is 7.52. The van der Waals surface area contributed by atoms with E-state index in [2.05, 4.69) is 9.55 Å². The average molecular weight is 325 g/mol. The smallest absolute Gasteiger partial charge is 0.335 e. The summed E-state index contributed by atoms with van der Waals surface area (Å²) in [7, 11) is 1.98. The first-order chi connectivity index (χ1) is 11.1. The number of halogens is 1. The number of rotatable bonds is 2. The molecule has 4 aromatic rings. The number of carboxylic acids is 1. The third-order valence-corrected chi connectivity index (χ3v) is 4.58. The average Bonchev–Trinajstić information content (AvgIpc) is 3.14. The molecule has 2 aromatic carbocycles. The molecule has 0 saturated heterocycles. The highest BCUT2D eigenvalue weighted by atomic mass is 35.5. The van der Waals surface area contributed by atoms with Gasteiger partial charge in [-0.1, -0.05) is 17.7 Å². The second-order valence-corrected chi connectivity index (χ2v) is 5.95. The van der Waals surface area contributed by atoms with Crippen LogP contribution in [0.25, 0.3) is 32.9 Å². The Bertz CT molecular complexity index is 1080. The van der Waals surface area contributed by atoms with Gasteiger partial charge in [-0.15, -0.1) is 0 Å². The molecule has 5 heteroatoms. The van der Waals surface area contributed by atoms with Gasteiger partial charge in [0.2, 0.25) is 0 Å². The van der Waals surface area contributed by atoms with E-state index in [1.54, 1.807) is 12.1 Å². The van der Waals surface area contributed by atoms with E-state index in [4.69, 9.17) is 16.7 Å². The predicted molar refractivity (Wildman–Crippen MR) is 92.2 cm³/mol. The molecule has 0 unspecified atom stereocenters. The van der Waals surface area contributed by atoms with E-state index in [1.807, 2.05) is 43.7 Å². The molecule has 0 aliphatic rings. The summed E-state index contributed by atoms with van der Waals surface area (Å²) in [4.78, 5) is 14.3. The Kier molecular flexibility index (Phi) is 2.96. The molecule has 0 bridgehead atoms. The van der Waals surface area contributed by atoms with Crippen molar-refractivity contribution in [3.63, 3.8) is 0 Å². The van der Waals surface area contributed by atoms with Crippen molar-refractivity contribution in [2.45, 2.75) is 0 Å². The molecule has 0 aliphatic heterocycles. The van der Waals surface area contributed by atoms with Gasteiger partial charge in [-0.3, -0.25) is 0 Å². The number of aromatic carboxylic acids is 1. The molecule has 0 radical (unpaired) electrons. The summed E-state index contributed by atoms with van der Waals surface area (Å²) in [6.07, 6.45) is 3.81. The van der Waals surface area contributed by atoms with E-state index in [0.717, 1.165) is 32.9 Å². The molecular weight excluding hydrogens is 312 g/mol. The largest absolute Gasteiger partial charge is 0.478 e. The van der Waals surface area contributed by atoms with Gasteiger partial charge in [-0.05, 0) is 30.3 Å². The fourth-order valence-electron chi connectivity index (χ4n) is 3.08. The normalized spacial score (nSPS) is 11.4. The summed E-state index contributed by atoms with van der Waals surface area (Å²) in [6, 6.07) is 11.1. The summed E-state index contributed by atoms with van der Waals surface area (Å²) in [6.45, 7) is 0. The van der Waals surface area contributed by atoms with Crippen molar-refractivity contribution in [3.05, 3.63) is 59.4 Å². The van der Waals surface area contributed by atoms with Gasteiger partial charge in [0, 0.05) is 57.4 Å². The van der Waals surface area contributed by atoms with E-state index >= 15 is 0 Å². The minimum Gasteiger partial charge on any atom is -0.478 e. The van der Waals surface area contributed by atoms with Gasteiger partial charge >= 0.3 is 5.97 Å². The van der Waals surface area contributed by atoms with E-state index in [-0.39, 0.29) is 5.56 Å². The molecule has 0 saturated carbocycles. The Balaban J connectivity index is 2.01. The number of aryl methyl sites for hydroxylation is 1. The molecule has 4 rings (SSSR count). The number of carboxylic acid groups (broad SMARTS) is 1. The number of benzene rings is 2. The van der Waals surface area contributed by atoms with Gasteiger partial charge in [-0.25, -0.2) is 4.79 Å². The van der Waals surface area contributed by atoms with Gasteiger partial charge in [-0.2, -0.15) is 0 Å². The maximum Gasteiger partial charge on any atom is 0.335 e. The summed E-state index contributed by atoms with van der Waals surface area (Å²) < 4.78 is 2.07. The highest BCUT2D eigenvalue weighted by Crippen LogP contribution is 2.35. The number of aromatic amines is 1. The van der Waals surface area contributed by atoms with Crippen LogP contribution >= 0.6 is 11.6 Å².